The molecule has 0 spiro atoms. The number of para-hydroxylation sites is 1. The van der Waals surface area contributed by atoms with E-state index in [1.807, 2.05) is 11.8 Å². The summed E-state index contributed by atoms with van der Waals surface area (Å²) in [5.74, 6) is -0.624. The van der Waals surface area contributed by atoms with E-state index in [0.717, 1.165) is 41.8 Å². The highest BCUT2D eigenvalue weighted by Gasteiger charge is 2.30. The van der Waals surface area contributed by atoms with Crippen molar-refractivity contribution in [2.24, 2.45) is 0 Å². The molecule has 0 saturated carbocycles. The van der Waals surface area contributed by atoms with Crippen LogP contribution in [-0.2, 0) is 14.8 Å². The summed E-state index contributed by atoms with van der Waals surface area (Å²) in [6, 6.07) is 12.8. The molecule has 2 amide bonds. The predicted octanol–water partition coefficient (Wildman–Crippen LogP) is 3.80. The minimum atomic E-state index is -3.72. The van der Waals surface area contributed by atoms with Gasteiger partial charge in [0, 0.05) is 13.1 Å². The summed E-state index contributed by atoms with van der Waals surface area (Å²) >= 11 is 0. The van der Waals surface area contributed by atoms with Crippen molar-refractivity contribution in [3.63, 3.8) is 0 Å². The van der Waals surface area contributed by atoms with Gasteiger partial charge >= 0.3 is 0 Å². The van der Waals surface area contributed by atoms with Gasteiger partial charge in [0.1, 0.15) is 6.04 Å². The number of carbonyl (C=O) groups excluding carboxylic acids is 2. The molecule has 0 radical (unpaired) electrons. The highest BCUT2D eigenvalue weighted by Crippen LogP contribution is 2.24. The minimum Gasteiger partial charge on any atom is -0.339 e. The van der Waals surface area contributed by atoms with Crippen molar-refractivity contribution in [2.45, 2.75) is 45.6 Å². The number of hydrogen-bond donors (Lipinski definition) is 1. The molecule has 0 aliphatic carbocycles. The lowest BCUT2D eigenvalue weighted by Gasteiger charge is -2.28. The molecule has 8 heteroatoms. The van der Waals surface area contributed by atoms with E-state index >= 15 is 0 Å². The molecule has 0 unspecified atom stereocenters. The second kappa shape index (κ2) is 10.2. The molecule has 1 N–H and O–H groups in total. The van der Waals surface area contributed by atoms with Gasteiger partial charge in [-0.3, -0.25) is 13.9 Å². The molecule has 2 aromatic rings. The number of benzene rings is 2. The van der Waals surface area contributed by atoms with E-state index in [1.54, 1.807) is 48.5 Å². The molecular weight excluding hydrogens is 426 g/mol. The lowest BCUT2D eigenvalue weighted by Crippen LogP contribution is -2.45. The molecular formula is C24H31N3O4S. The Morgan fingerprint density at radius 3 is 2.16 bits per heavy atom. The highest BCUT2D eigenvalue weighted by atomic mass is 32.2. The maximum absolute atomic E-state index is 13.1. The SMILES string of the molecule is Cc1ccc(N([C@H](C)C(=O)Nc2ccccc2C(=O)N2CCCCCC2)S(C)(=O)=O)cc1. The molecule has 1 fully saturated rings. The molecule has 7 nitrogen and oxygen atoms in total. The Bertz CT molecular complexity index is 1060. The maximum atomic E-state index is 13.1. The monoisotopic (exact) mass is 457 g/mol. The van der Waals surface area contributed by atoms with Crippen LogP contribution in [0.3, 0.4) is 0 Å². The van der Waals surface area contributed by atoms with E-state index < -0.39 is 22.0 Å². The number of aryl methyl sites for hydroxylation is 1. The summed E-state index contributed by atoms with van der Waals surface area (Å²) in [5.41, 5.74) is 2.20. The number of nitrogens with one attached hydrogen (secondary N) is 1. The van der Waals surface area contributed by atoms with Crippen LogP contribution < -0.4 is 9.62 Å². The smallest absolute Gasteiger partial charge is 0.255 e. The van der Waals surface area contributed by atoms with Crippen LogP contribution in [0.5, 0.6) is 0 Å². The summed E-state index contributed by atoms with van der Waals surface area (Å²) in [7, 11) is -3.72. The fourth-order valence-electron chi connectivity index (χ4n) is 3.96. The topological polar surface area (TPSA) is 86.8 Å². The fraction of sp³-hybridized carbons (Fsp3) is 0.417. The molecule has 1 atom stereocenters. The van der Waals surface area contributed by atoms with Crippen molar-refractivity contribution in [3.05, 3.63) is 59.7 Å². The van der Waals surface area contributed by atoms with Crippen LogP contribution in [0.1, 0.15) is 48.5 Å². The number of nitrogens with zero attached hydrogens (tertiary/aromatic N) is 2. The van der Waals surface area contributed by atoms with Gasteiger partial charge in [-0.25, -0.2) is 8.42 Å². The lowest BCUT2D eigenvalue weighted by molar-refractivity contribution is -0.116. The molecule has 0 bridgehead atoms. The van der Waals surface area contributed by atoms with Gasteiger partial charge in [0.15, 0.2) is 0 Å². The summed E-state index contributed by atoms with van der Waals surface area (Å²) in [4.78, 5) is 28.1. The van der Waals surface area contributed by atoms with E-state index in [4.69, 9.17) is 0 Å². The van der Waals surface area contributed by atoms with E-state index in [1.165, 1.54) is 6.92 Å². The van der Waals surface area contributed by atoms with Gasteiger partial charge in [0.05, 0.1) is 23.2 Å². The van der Waals surface area contributed by atoms with E-state index in [0.29, 0.717) is 30.0 Å². The van der Waals surface area contributed by atoms with Gasteiger partial charge in [-0.05, 0) is 51.0 Å². The van der Waals surface area contributed by atoms with Crippen LogP contribution in [0.15, 0.2) is 48.5 Å². The average molecular weight is 458 g/mol. The Labute approximate surface area is 190 Å². The second-order valence-corrected chi connectivity index (χ2v) is 10.2. The van der Waals surface area contributed by atoms with Crippen LogP contribution in [0.4, 0.5) is 11.4 Å². The highest BCUT2D eigenvalue weighted by molar-refractivity contribution is 7.92. The number of hydrogen-bond acceptors (Lipinski definition) is 4. The van der Waals surface area contributed by atoms with E-state index in [-0.39, 0.29) is 5.91 Å². The fourth-order valence-corrected chi connectivity index (χ4v) is 5.14. The van der Waals surface area contributed by atoms with Crippen LogP contribution in [0, 0.1) is 6.92 Å². The summed E-state index contributed by atoms with van der Waals surface area (Å²) < 4.78 is 26.1. The Morgan fingerprint density at radius 1 is 0.969 bits per heavy atom. The first-order valence-corrected chi connectivity index (χ1v) is 12.8. The number of rotatable bonds is 6. The average Bonchev–Trinajstić information content (AvgIpc) is 3.04. The molecule has 1 aliphatic rings. The third kappa shape index (κ3) is 5.68. The zero-order valence-corrected chi connectivity index (χ0v) is 19.7. The zero-order valence-electron chi connectivity index (χ0n) is 18.9. The van der Waals surface area contributed by atoms with Crippen LogP contribution in [0.2, 0.25) is 0 Å². The second-order valence-electron chi connectivity index (χ2n) is 8.31. The number of likely N-dealkylation sites (tertiary alicyclic amines) is 1. The van der Waals surface area contributed by atoms with Crippen molar-refractivity contribution in [2.75, 3.05) is 29.0 Å². The maximum Gasteiger partial charge on any atom is 0.255 e. The van der Waals surface area contributed by atoms with E-state index in [9.17, 15) is 18.0 Å². The number of anilines is 2. The van der Waals surface area contributed by atoms with Gasteiger partial charge in [-0.1, -0.05) is 42.7 Å². The Balaban J connectivity index is 1.84. The quantitative estimate of drug-likeness (QED) is 0.715. The van der Waals surface area contributed by atoms with Gasteiger partial charge in [0.2, 0.25) is 15.9 Å². The molecule has 32 heavy (non-hydrogen) atoms. The molecule has 172 valence electrons. The molecule has 1 aliphatic heterocycles. The molecule has 2 aromatic carbocycles. The molecule has 0 aromatic heterocycles. The Kier molecular flexibility index (Phi) is 7.56. The number of sulfonamides is 1. The van der Waals surface area contributed by atoms with E-state index in [2.05, 4.69) is 5.32 Å². The number of carbonyl (C=O) groups is 2. The molecule has 1 heterocycles. The summed E-state index contributed by atoms with van der Waals surface area (Å²) in [6.07, 6.45) is 5.24. The summed E-state index contributed by atoms with van der Waals surface area (Å²) in [5, 5.41) is 2.79. The standard InChI is InChI=1S/C24H31N3O4S/c1-18-12-14-20(15-13-18)27(32(3,30)31)19(2)23(28)25-22-11-7-6-10-21(22)24(29)26-16-8-4-5-9-17-26/h6-7,10-15,19H,4-5,8-9,16-17H2,1-3H3,(H,25,28)/t19-/m1/s1. The van der Waals surface area contributed by atoms with Gasteiger partial charge in [-0.15, -0.1) is 0 Å². The van der Waals surface area contributed by atoms with Gasteiger partial charge in [0.25, 0.3) is 5.91 Å². The third-order valence-corrected chi connectivity index (χ3v) is 6.93. The van der Waals surface area contributed by atoms with Crippen molar-refractivity contribution >= 4 is 33.2 Å². The Morgan fingerprint density at radius 2 is 1.56 bits per heavy atom. The van der Waals surface area contributed by atoms with Crippen LogP contribution in [0.25, 0.3) is 0 Å². The van der Waals surface area contributed by atoms with Crippen molar-refractivity contribution in [3.8, 4) is 0 Å². The lowest BCUT2D eigenvalue weighted by atomic mass is 10.1. The van der Waals surface area contributed by atoms with Gasteiger partial charge in [-0.2, -0.15) is 0 Å². The van der Waals surface area contributed by atoms with Crippen LogP contribution in [-0.4, -0.2) is 50.5 Å². The first-order valence-electron chi connectivity index (χ1n) is 10.9. The van der Waals surface area contributed by atoms with Crippen LogP contribution >= 0.6 is 0 Å². The first-order chi connectivity index (χ1) is 15.2. The van der Waals surface area contributed by atoms with Crippen molar-refractivity contribution in [1.29, 1.82) is 0 Å². The minimum absolute atomic E-state index is 0.117. The van der Waals surface area contributed by atoms with Crippen molar-refractivity contribution < 1.29 is 18.0 Å². The van der Waals surface area contributed by atoms with Gasteiger partial charge < -0.3 is 10.2 Å². The number of amides is 2. The largest absolute Gasteiger partial charge is 0.339 e. The Hall–Kier alpha value is -2.87. The third-order valence-electron chi connectivity index (χ3n) is 5.69. The van der Waals surface area contributed by atoms with Crippen molar-refractivity contribution in [1.82, 2.24) is 4.90 Å². The molecule has 3 rings (SSSR count). The first kappa shape index (κ1) is 23.8. The normalized spacial score (nSPS) is 15.5. The molecule has 1 saturated heterocycles. The zero-order chi connectivity index (χ0) is 23.3. The summed E-state index contributed by atoms with van der Waals surface area (Å²) in [6.45, 7) is 4.85. The predicted molar refractivity (Wildman–Crippen MR) is 127 cm³/mol.